The third kappa shape index (κ3) is 3.61. The van der Waals surface area contributed by atoms with Gasteiger partial charge in [-0.2, -0.15) is 0 Å². The Hall–Kier alpha value is -1.75. The van der Waals surface area contributed by atoms with Crippen LogP contribution in [0.1, 0.15) is 6.92 Å². The van der Waals surface area contributed by atoms with E-state index in [1.54, 1.807) is 13.3 Å². The van der Waals surface area contributed by atoms with E-state index in [9.17, 15) is 0 Å². The Balaban J connectivity index is 2.18. The normalized spacial score (nSPS) is 10.1. The van der Waals surface area contributed by atoms with Gasteiger partial charge in [-0.25, -0.2) is 4.98 Å². The number of aromatic nitrogens is 1. The summed E-state index contributed by atoms with van der Waals surface area (Å²) in [7, 11) is 1.65. The first-order valence-corrected chi connectivity index (χ1v) is 6.82. The van der Waals surface area contributed by atoms with E-state index < -0.39 is 0 Å². The number of nitrogens with one attached hydrogen (secondary N) is 2. The Labute approximate surface area is 121 Å². The molecule has 1 aromatic carbocycles. The second-order valence-corrected chi connectivity index (χ2v) is 4.79. The van der Waals surface area contributed by atoms with E-state index in [2.05, 4.69) is 31.5 Å². The lowest BCUT2D eigenvalue weighted by atomic mass is 10.3. The van der Waals surface area contributed by atoms with Crippen LogP contribution in [-0.4, -0.2) is 18.6 Å². The van der Waals surface area contributed by atoms with Crippen LogP contribution < -0.4 is 15.4 Å². The summed E-state index contributed by atoms with van der Waals surface area (Å²) in [6.45, 7) is 2.89. The van der Waals surface area contributed by atoms with Crippen LogP contribution in [0.5, 0.6) is 5.75 Å². The molecule has 19 heavy (non-hydrogen) atoms. The molecule has 0 aliphatic heterocycles. The minimum Gasteiger partial charge on any atom is -0.495 e. The van der Waals surface area contributed by atoms with Crippen molar-refractivity contribution in [3.8, 4) is 5.75 Å². The monoisotopic (exact) mass is 321 g/mol. The van der Waals surface area contributed by atoms with Crippen molar-refractivity contribution in [3.63, 3.8) is 0 Å². The van der Waals surface area contributed by atoms with Crippen molar-refractivity contribution in [1.82, 2.24) is 4.98 Å². The highest BCUT2D eigenvalue weighted by Crippen LogP contribution is 2.29. The number of methoxy groups -OCH3 is 1. The minimum absolute atomic E-state index is 0.797. The van der Waals surface area contributed by atoms with E-state index in [0.717, 1.165) is 34.0 Å². The number of halogens is 1. The van der Waals surface area contributed by atoms with Crippen molar-refractivity contribution in [2.24, 2.45) is 0 Å². The molecule has 100 valence electrons. The third-order valence-electron chi connectivity index (χ3n) is 2.56. The zero-order valence-corrected chi connectivity index (χ0v) is 12.5. The molecule has 0 aliphatic carbocycles. The third-order valence-corrected chi connectivity index (χ3v) is 3.21. The summed E-state index contributed by atoms with van der Waals surface area (Å²) in [4.78, 5) is 4.24. The van der Waals surface area contributed by atoms with Gasteiger partial charge >= 0.3 is 0 Å². The average Bonchev–Trinajstić information content (AvgIpc) is 2.42. The molecule has 0 saturated carbocycles. The molecule has 0 spiro atoms. The summed E-state index contributed by atoms with van der Waals surface area (Å²) < 4.78 is 6.21. The quantitative estimate of drug-likeness (QED) is 0.872. The first-order valence-electron chi connectivity index (χ1n) is 6.03. The number of hydrogen-bond acceptors (Lipinski definition) is 4. The molecular weight excluding hydrogens is 306 g/mol. The zero-order valence-electron chi connectivity index (χ0n) is 10.9. The van der Waals surface area contributed by atoms with E-state index in [0.29, 0.717) is 0 Å². The maximum absolute atomic E-state index is 5.27. The van der Waals surface area contributed by atoms with E-state index in [1.807, 2.05) is 37.3 Å². The van der Waals surface area contributed by atoms with Gasteiger partial charge in [0.1, 0.15) is 11.6 Å². The smallest absolute Gasteiger partial charge is 0.135 e. The molecule has 0 fully saturated rings. The first-order chi connectivity index (χ1) is 9.22. The Kier molecular flexibility index (Phi) is 4.63. The zero-order chi connectivity index (χ0) is 13.7. The molecule has 0 unspecified atom stereocenters. The lowest BCUT2D eigenvalue weighted by Gasteiger charge is -2.10. The first kappa shape index (κ1) is 13.7. The highest BCUT2D eigenvalue weighted by molar-refractivity contribution is 9.10. The topological polar surface area (TPSA) is 46.2 Å². The minimum atomic E-state index is 0.797. The molecule has 5 heteroatoms. The molecule has 1 aromatic heterocycles. The fourth-order valence-electron chi connectivity index (χ4n) is 1.69. The van der Waals surface area contributed by atoms with Crippen LogP contribution >= 0.6 is 15.9 Å². The lowest BCUT2D eigenvalue weighted by molar-refractivity contribution is 0.412. The molecule has 2 rings (SSSR count). The number of benzene rings is 1. The second kappa shape index (κ2) is 6.43. The van der Waals surface area contributed by atoms with Gasteiger partial charge in [0, 0.05) is 36.2 Å². The predicted octanol–water partition coefficient (Wildman–Crippen LogP) is 4.03. The lowest BCUT2D eigenvalue weighted by Crippen LogP contribution is -2.00. The van der Waals surface area contributed by atoms with Gasteiger partial charge in [0.05, 0.1) is 11.6 Å². The number of nitrogens with zero attached hydrogens (tertiary/aromatic N) is 1. The molecule has 0 atom stereocenters. The van der Waals surface area contributed by atoms with E-state index >= 15 is 0 Å². The van der Waals surface area contributed by atoms with Crippen LogP contribution in [0.15, 0.2) is 41.0 Å². The van der Waals surface area contributed by atoms with E-state index in [1.165, 1.54) is 0 Å². The summed E-state index contributed by atoms with van der Waals surface area (Å²) in [6.07, 6.45) is 1.77. The average molecular weight is 322 g/mol. The number of rotatable bonds is 5. The maximum atomic E-state index is 5.27. The van der Waals surface area contributed by atoms with Gasteiger partial charge in [-0.3, -0.25) is 0 Å². The Bertz CT molecular complexity index is 560. The SMILES string of the molecule is CCNc1cc(Nc2ccc(Br)c(OC)c2)ccn1. The summed E-state index contributed by atoms with van der Waals surface area (Å²) in [5.74, 6) is 1.66. The van der Waals surface area contributed by atoms with E-state index in [-0.39, 0.29) is 0 Å². The molecule has 0 aliphatic rings. The number of ether oxygens (including phenoxy) is 1. The molecule has 2 N–H and O–H groups in total. The Morgan fingerprint density at radius 1 is 1.21 bits per heavy atom. The Morgan fingerprint density at radius 2 is 2.00 bits per heavy atom. The van der Waals surface area contributed by atoms with Crippen molar-refractivity contribution in [1.29, 1.82) is 0 Å². The van der Waals surface area contributed by atoms with Gasteiger partial charge in [-0.1, -0.05) is 0 Å². The summed E-state index contributed by atoms with van der Waals surface area (Å²) in [5.41, 5.74) is 1.95. The molecule has 1 heterocycles. The van der Waals surface area contributed by atoms with Crippen LogP contribution in [-0.2, 0) is 0 Å². The molecule has 0 saturated heterocycles. The maximum Gasteiger partial charge on any atom is 0.135 e. The van der Waals surface area contributed by atoms with Gasteiger partial charge < -0.3 is 15.4 Å². The number of hydrogen-bond donors (Lipinski definition) is 2. The van der Waals surface area contributed by atoms with Gasteiger partial charge in [-0.05, 0) is 41.1 Å². The summed E-state index contributed by atoms with van der Waals surface area (Å²) in [6, 6.07) is 9.78. The van der Waals surface area contributed by atoms with Gasteiger partial charge in [0.25, 0.3) is 0 Å². The molecule has 0 amide bonds. The van der Waals surface area contributed by atoms with Crippen LogP contribution in [0.2, 0.25) is 0 Å². The molecule has 0 bridgehead atoms. The Morgan fingerprint density at radius 3 is 2.74 bits per heavy atom. The molecule has 4 nitrogen and oxygen atoms in total. The number of anilines is 3. The van der Waals surface area contributed by atoms with Crippen LogP contribution in [0.3, 0.4) is 0 Å². The molecular formula is C14H16BrN3O. The van der Waals surface area contributed by atoms with Crippen LogP contribution in [0, 0.1) is 0 Å². The highest BCUT2D eigenvalue weighted by atomic mass is 79.9. The van der Waals surface area contributed by atoms with Crippen molar-refractivity contribution in [3.05, 3.63) is 41.0 Å². The highest BCUT2D eigenvalue weighted by Gasteiger charge is 2.02. The van der Waals surface area contributed by atoms with Crippen molar-refractivity contribution >= 4 is 33.1 Å². The standard InChI is InChI=1S/C14H16BrN3O/c1-3-16-14-9-11(6-7-17-14)18-10-4-5-12(15)13(8-10)19-2/h4-9H,3H2,1-2H3,(H2,16,17,18). The van der Waals surface area contributed by atoms with Crippen molar-refractivity contribution < 1.29 is 4.74 Å². The fraction of sp³-hybridized carbons (Fsp3) is 0.214. The van der Waals surface area contributed by atoms with Gasteiger partial charge in [0.15, 0.2) is 0 Å². The van der Waals surface area contributed by atoms with E-state index in [4.69, 9.17) is 4.74 Å². The molecule has 2 aromatic rings. The summed E-state index contributed by atoms with van der Waals surface area (Å²) >= 11 is 3.44. The van der Waals surface area contributed by atoms with Gasteiger partial charge in [-0.15, -0.1) is 0 Å². The van der Waals surface area contributed by atoms with Crippen molar-refractivity contribution in [2.45, 2.75) is 6.92 Å². The van der Waals surface area contributed by atoms with Crippen LogP contribution in [0.4, 0.5) is 17.2 Å². The summed E-state index contributed by atoms with van der Waals surface area (Å²) in [5, 5.41) is 6.51. The molecule has 0 radical (unpaired) electrons. The van der Waals surface area contributed by atoms with Gasteiger partial charge in [0.2, 0.25) is 0 Å². The second-order valence-electron chi connectivity index (χ2n) is 3.93. The van der Waals surface area contributed by atoms with Crippen LogP contribution in [0.25, 0.3) is 0 Å². The number of pyridine rings is 1. The van der Waals surface area contributed by atoms with Crippen molar-refractivity contribution in [2.75, 3.05) is 24.3 Å². The predicted molar refractivity (Wildman–Crippen MR) is 82.4 cm³/mol. The fourth-order valence-corrected chi connectivity index (χ4v) is 2.10. The largest absolute Gasteiger partial charge is 0.495 e.